The van der Waals surface area contributed by atoms with Crippen molar-refractivity contribution in [3.05, 3.63) is 65.7 Å². The lowest BCUT2D eigenvalue weighted by Gasteiger charge is -2.19. The molecule has 0 aromatic heterocycles. The summed E-state index contributed by atoms with van der Waals surface area (Å²) in [6.45, 7) is 1.81. The van der Waals surface area contributed by atoms with Crippen molar-refractivity contribution in [3.8, 4) is 0 Å². The van der Waals surface area contributed by atoms with Crippen molar-refractivity contribution in [2.24, 2.45) is 4.99 Å². The van der Waals surface area contributed by atoms with Gasteiger partial charge in [-0.05, 0) is 6.07 Å². The summed E-state index contributed by atoms with van der Waals surface area (Å²) in [7, 11) is 2.13. The number of hydrogen-bond donors (Lipinski definition) is 0. The van der Waals surface area contributed by atoms with E-state index in [2.05, 4.69) is 60.5 Å². The number of hydrogen-bond acceptors (Lipinski definition) is 2. The van der Waals surface area contributed by atoms with Gasteiger partial charge in [0.2, 0.25) is 0 Å². The monoisotopic (exact) mass is 236 g/mol. The third-order valence-electron chi connectivity index (χ3n) is 3.32. The molecule has 2 heteroatoms. The number of anilines is 1. The first-order valence-corrected chi connectivity index (χ1v) is 6.26. The van der Waals surface area contributed by atoms with Crippen molar-refractivity contribution < 1.29 is 0 Å². The number of likely N-dealkylation sites (N-methyl/N-ethyl adjacent to an activating group) is 1. The van der Waals surface area contributed by atoms with E-state index in [1.54, 1.807) is 0 Å². The number of rotatable bonds is 1. The summed E-state index contributed by atoms with van der Waals surface area (Å²) < 4.78 is 0. The van der Waals surface area contributed by atoms with Gasteiger partial charge in [0.1, 0.15) is 0 Å². The summed E-state index contributed by atoms with van der Waals surface area (Å²) >= 11 is 0. The van der Waals surface area contributed by atoms with Crippen molar-refractivity contribution >= 4 is 11.4 Å². The Morgan fingerprint density at radius 2 is 1.67 bits per heavy atom. The van der Waals surface area contributed by atoms with Gasteiger partial charge in [0.15, 0.2) is 0 Å². The maximum Gasteiger partial charge on any atom is 0.0740 e. The predicted molar refractivity (Wildman–Crippen MR) is 76.7 cm³/mol. The predicted octanol–water partition coefficient (Wildman–Crippen LogP) is 2.97. The van der Waals surface area contributed by atoms with E-state index in [0.717, 1.165) is 18.8 Å². The molecule has 1 heterocycles. The molecule has 0 atom stereocenters. The van der Waals surface area contributed by atoms with Crippen LogP contribution in [0.2, 0.25) is 0 Å². The first kappa shape index (κ1) is 11.0. The standard InChI is InChI=1S/C16H16N2/c1-18-12-11-17-16(13-7-3-2-4-8-13)14-9-5-6-10-15(14)18/h2-10H,11-12H2,1H3. The van der Waals surface area contributed by atoms with Gasteiger partial charge in [-0.25, -0.2) is 0 Å². The van der Waals surface area contributed by atoms with Gasteiger partial charge in [0.25, 0.3) is 0 Å². The summed E-state index contributed by atoms with van der Waals surface area (Å²) in [5, 5.41) is 0. The fourth-order valence-electron chi connectivity index (χ4n) is 2.37. The molecule has 0 bridgehead atoms. The summed E-state index contributed by atoms with van der Waals surface area (Å²) in [5.41, 5.74) is 4.79. The normalized spacial score (nSPS) is 14.7. The zero-order valence-electron chi connectivity index (χ0n) is 10.5. The molecule has 0 N–H and O–H groups in total. The van der Waals surface area contributed by atoms with Crippen LogP contribution in [0.4, 0.5) is 5.69 Å². The Balaban J connectivity index is 2.16. The molecule has 0 amide bonds. The van der Waals surface area contributed by atoms with Crippen LogP contribution in [0.15, 0.2) is 59.6 Å². The summed E-state index contributed by atoms with van der Waals surface area (Å²) in [4.78, 5) is 7.03. The Labute approximate surface area is 108 Å². The number of aliphatic imine (C=N–C) groups is 1. The molecule has 0 saturated heterocycles. The lowest BCUT2D eigenvalue weighted by molar-refractivity contribution is 0.896. The molecule has 3 rings (SSSR count). The highest BCUT2D eigenvalue weighted by atomic mass is 15.1. The SMILES string of the molecule is CN1CCN=C(c2ccccc2)c2ccccc21. The number of benzene rings is 2. The topological polar surface area (TPSA) is 15.6 Å². The Morgan fingerprint density at radius 1 is 0.944 bits per heavy atom. The average Bonchev–Trinajstić information content (AvgIpc) is 2.60. The van der Waals surface area contributed by atoms with Gasteiger partial charge in [-0.2, -0.15) is 0 Å². The van der Waals surface area contributed by atoms with E-state index in [1.807, 2.05) is 6.07 Å². The van der Waals surface area contributed by atoms with Gasteiger partial charge < -0.3 is 4.90 Å². The highest BCUT2D eigenvalue weighted by molar-refractivity contribution is 6.16. The number of fused-ring (bicyclic) bond motifs is 1. The molecule has 0 unspecified atom stereocenters. The van der Waals surface area contributed by atoms with E-state index in [4.69, 9.17) is 4.99 Å². The molecule has 2 aromatic carbocycles. The fourth-order valence-corrected chi connectivity index (χ4v) is 2.37. The van der Waals surface area contributed by atoms with E-state index in [1.165, 1.54) is 16.8 Å². The molecule has 1 aliphatic heterocycles. The molecule has 0 radical (unpaired) electrons. The van der Waals surface area contributed by atoms with Gasteiger partial charge in [0.05, 0.1) is 12.3 Å². The number of para-hydroxylation sites is 1. The van der Waals surface area contributed by atoms with Crippen LogP contribution in [0.5, 0.6) is 0 Å². The van der Waals surface area contributed by atoms with Crippen molar-refractivity contribution in [2.75, 3.05) is 25.0 Å². The molecule has 0 aliphatic carbocycles. The Morgan fingerprint density at radius 3 is 2.50 bits per heavy atom. The van der Waals surface area contributed by atoms with Crippen molar-refractivity contribution in [1.82, 2.24) is 0 Å². The summed E-state index contributed by atoms with van der Waals surface area (Å²) in [6, 6.07) is 18.9. The quantitative estimate of drug-likeness (QED) is 0.743. The summed E-state index contributed by atoms with van der Waals surface area (Å²) in [5.74, 6) is 0. The van der Waals surface area contributed by atoms with Crippen molar-refractivity contribution in [1.29, 1.82) is 0 Å². The van der Waals surface area contributed by atoms with E-state index in [9.17, 15) is 0 Å². The average molecular weight is 236 g/mol. The van der Waals surface area contributed by atoms with Crippen molar-refractivity contribution in [2.45, 2.75) is 0 Å². The molecule has 2 nitrogen and oxygen atoms in total. The first-order chi connectivity index (χ1) is 8.86. The zero-order valence-corrected chi connectivity index (χ0v) is 10.5. The van der Waals surface area contributed by atoms with Crippen LogP contribution in [0, 0.1) is 0 Å². The maximum atomic E-state index is 4.76. The van der Waals surface area contributed by atoms with Gasteiger partial charge in [-0.1, -0.05) is 48.5 Å². The molecule has 0 fully saturated rings. The Hall–Kier alpha value is -2.09. The largest absolute Gasteiger partial charge is 0.372 e. The third-order valence-corrected chi connectivity index (χ3v) is 3.32. The maximum absolute atomic E-state index is 4.76. The highest BCUT2D eigenvalue weighted by Gasteiger charge is 2.16. The van der Waals surface area contributed by atoms with E-state index < -0.39 is 0 Å². The molecule has 1 aliphatic rings. The molecule has 90 valence electrons. The number of nitrogens with zero attached hydrogens (tertiary/aromatic N) is 2. The molecule has 0 spiro atoms. The van der Waals surface area contributed by atoms with Gasteiger partial charge in [-0.15, -0.1) is 0 Å². The molecular weight excluding hydrogens is 220 g/mol. The molecular formula is C16H16N2. The lowest BCUT2D eigenvalue weighted by atomic mass is 10.0. The number of benzodiazepines with no additional fused rings is 1. The third kappa shape index (κ3) is 1.90. The second kappa shape index (κ2) is 4.65. The van der Waals surface area contributed by atoms with E-state index in [-0.39, 0.29) is 0 Å². The smallest absolute Gasteiger partial charge is 0.0740 e. The lowest BCUT2D eigenvalue weighted by Crippen LogP contribution is -2.20. The summed E-state index contributed by atoms with van der Waals surface area (Å²) in [6.07, 6.45) is 0. The van der Waals surface area contributed by atoms with Gasteiger partial charge >= 0.3 is 0 Å². The van der Waals surface area contributed by atoms with E-state index >= 15 is 0 Å². The molecule has 2 aromatic rings. The molecule has 0 saturated carbocycles. The van der Waals surface area contributed by atoms with Crippen LogP contribution in [-0.4, -0.2) is 25.8 Å². The van der Waals surface area contributed by atoms with Gasteiger partial charge in [-0.3, -0.25) is 4.99 Å². The van der Waals surface area contributed by atoms with Crippen LogP contribution in [-0.2, 0) is 0 Å². The minimum atomic E-state index is 0.843. The first-order valence-electron chi connectivity index (χ1n) is 6.26. The fraction of sp³-hybridized carbons (Fsp3) is 0.188. The minimum Gasteiger partial charge on any atom is -0.372 e. The highest BCUT2D eigenvalue weighted by Crippen LogP contribution is 2.24. The van der Waals surface area contributed by atoms with Crippen LogP contribution >= 0.6 is 0 Å². The van der Waals surface area contributed by atoms with Crippen LogP contribution in [0.25, 0.3) is 0 Å². The van der Waals surface area contributed by atoms with Crippen LogP contribution in [0.1, 0.15) is 11.1 Å². The van der Waals surface area contributed by atoms with Crippen LogP contribution < -0.4 is 4.90 Å². The zero-order chi connectivity index (χ0) is 12.4. The minimum absolute atomic E-state index is 0.843. The van der Waals surface area contributed by atoms with E-state index in [0.29, 0.717) is 0 Å². The second-order valence-electron chi connectivity index (χ2n) is 4.54. The van der Waals surface area contributed by atoms with Crippen LogP contribution in [0.3, 0.4) is 0 Å². The second-order valence-corrected chi connectivity index (χ2v) is 4.54. The molecule has 18 heavy (non-hydrogen) atoms. The van der Waals surface area contributed by atoms with Gasteiger partial charge in [0, 0.05) is 30.4 Å². The Kier molecular flexibility index (Phi) is 2.85. The van der Waals surface area contributed by atoms with Crippen molar-refractivity contribution in [3.63, 3.8) is 0 Å². The Bertz CT molecular complexity index is 573.